The van der Waals surface area contributed by atoms with Crippen LogP contribution in [0.25, 0.3) is 0 Å². The summed E-state index contributed by atoms with van der Waals surface area (Å²) in [6.45, 7) is 18.7. The highest BCUT2D eigenvalue weighted by atomic mass is 16.2. The van der Waals surface area contributed by atoms with Gasteiger partial charge in [0.2, 0.25) is 5.91 Å². The fourth-order valence-electron chi connectivity index (χ4n) is 4.52. The zero-order chi connectivity index (χ0) is 18.0. The van der Waals surface area contributed by atoms with E-state index >= 15 is 0 Å². The van der Waals surface area contributed by atoms with Gasteiger partial charge >= 0.3 is 0 Å². The van der Waals surface area contributed by atoms with Gasteiger partial charge in [0, 0.05) is 57.9 Å². The molecule has 0 aromatic heterocycles. The zero-order valence-corrected chi connectivity index (χ0v) is 16.8. The van der Waals surface area contributed by atoms with E-state index in [-0.39, 0.29) is 5.92 Å². The molecule has 25 heavy (non-hydrogen) atoms. The molecule has 144 valence electrons. The Bertz CT molecular complexity index is 431. The summed E-state index contributed by atoms with van der Waals surface area (Å²) in [4.78, 5) is 22.3. The minimum Gasteiger partial charge on any atom is -0.340 e. The van der Waals surface area contributed by atoms with Crippen LogP contribution < -0.4 is 0 Å². The Labute approximate surface area is 154 Å². The van der Waals surface area contributed by atoms with Crippen molar-refractivity contribution in [3.63, 3.8) is 0 Å². The molecule has 0 atom stereocenters. The first kappa shape index (κ1) is 19.1. The Morgan fingerprint density at radius 1 is 0.840 bits per heavy atom. The van der Waals surface area contributed by atoms with Gasteiger partial charge in [-0.25, -0.2) is 0 Å². The molecule has 0 saturated carbocycles. The highest BCUT2D eigenvalue weighted by molar-refractivity contribution is 5.80. The number of piperidine rings is 1. The average molecular weight is 351 g/mol. The molecule has 3 aliphatic rings. The largest absolute Gasteiger partial charge is 0.340 e. The lowest BCUT2D eigenvalue weighted by atomic mass is 9.94. The van der Waals surface area contributed by atoms with Crippen LogP contribution in [-0.4, -0.2) is 96.5 Å². The molecule has 3 aliphatic heterocycles. The third kappa shape index (κ3) is 4.75. The second-order valence-electron chi connectivity index (χ2n) is 8.94. The summed E-state index contributed by atoms with van der Waals surface area (Å²) in [6.07, 6.45) is 2.68. The Morgan fingerprint density at radius 2 is 1.40 bits per heavy atom. The van der Waals surface area contributed by atoms with Crippen LogP contribution in [0.1, 0.15) is 40.5 Å². The second-order valence-corrected chi connectivity index (χ2v) is 8.94. The first-order valence-corrected chi connectivity index (χ1v) is 10.4. The molecule has 3 heterocycles. The fraction of sp³-hybridized carbons (Fsp3) is 0.950. The van der Waals surface area contributed by atoms with Crippen molar-refractivity contribution in [2.45, 2.75) is 52.6 Å². The standard InChI is InChI=1S/C20H38N4O/c1-16(2)22-7-5-18(6-8-22)13-21-9-11-23(12-10-21)20(25)19-14-24(15-19)17(3)4/h16-19H,5-15H2,1-4H3. The number of hydrogen-bond donors (Lipinski definition) is 0. The van der Waals surface area contributed by atoms with Crippen LogP contribution in [0.15, 0.2) is 0 Å². The van der Waals surface area contributed by atoms with E-state index in [1.807, 2.05) is 0 Å². The van der Waals surface area contributed by atoms with E-state index in [2.05, 4.69) is 47.3 Å². The summed E-state index contributed by atoms with van der Waals surface area (Å²) in [6, 6.07) is 1.26. The van der Waals surface area contributed by atoms with E-state index in [4.69, 9.17) is 0 Å². The van der Waals surface area contributed by atoms with Crippen LogP contribution in [0, 0.1) is 11.8 Å². The topological polar surface area (TPSA) is 30.0 Å². The lowest BCUT2D eigenvalue weighted by Gasteiger charge is -2.45. The number of carbonyl (C=O) groups is 1. The molecule has 0 N–H and O–H groups in total. The van der Waals surface area contributed by atoms with Gasteiger partial charge in [0.05, 0.1) is 5.92 Å². The van der Waals surface area contributed by atoms with Gasteiger partial charge in [-0.2, -0.15) is 0 Å². The third-order valence-electron chi connectivity index (χ3n) is 6.57. The normalized spacial score (nSPS) is 25.8. The van der Waals surface area contributed by atoms with Crippen molar-refractivity contribution in [3.8, 4) is 0 Å². The van der Waals surface area contributed by atoms with Crippen LogP contribution in [0.4, 0.5) is 0 Å². The number of amides is 1. The third-order valence-corrected chi connectivity index (χ3v) is 6.57. The van der Waals surface area contributed by atoms with Crippen molar-refractivity contribution in [1.82, 2.24) is 19.6 Å². The zero-order valence-electron chi connectivity index (χ0n) is 16.8. The molecule has 0 aliphatic carbocycles. The number of carbonyl (C=O) groups excluding carboxylic acids is 1. The van der Waals surface area contributed by atoms with Crippen LogP contribution >= 0.6 is 0 Å². The van der Waals surface area contributed by atoms with Crippen molar-refractivity contribution in [2.75, 3.05) is 58.9 Å². The van der Waals surface area contributed by atoms with Gasteiger partial charge in [-0.3, -0.25) is 14.6 Å². The van der Waals surface area contributed by atoms with Gasteiger partial charge in [-0.15, -0.1) is 0 Å². The van der Waals surface area contributed by atoms with Gasteiger partial charge in [0.25, 0.3) is 0 Å². The molecule has 5 heteroatoms. The Hall–Kier alpha value is -0.650. The van der Waals surface area contributed by atoms with Crippen molar-refractivity contribution in [3.05, 3.63) is 0 Å². The Kier molecular flexibility index (Phi) is 6.39. The SMILES string of the molecule is CC(C)N1CCC(CN2CCN(C(=O)C3CN(C(C)C)C3)CC2)CC1. The highest BCUT2D eigenvalue weighted by Crippen LogP contribution is 2.23. The highest BCUT2D eigenvalue weighted by Gasteiger charge is 2.37. The van der Waals surface area contributed by atoms with E-state index in [1.54, 1.807) is 0 Å². The molecule has 5 nitrogen and oxygen atoms in total. The maximum atomic E-state index is 12.6. The lowest BCUT2D eigenvalue weighted by molar-refractivity contribution is -0.143. The van der Waals surface area contributed by atoms with Crippen LogP contribution in [-0.2, 0) is 4.79 Å². The molecule has 0 unspecified atom stereocenters. The summed E-state index contributed by atoms with van der Waals surface area (Å²) in [5.41, 5.74) is 0. The summed E-state index contributed by atoms with van der Waals surface area (Å²) >= 11 is 0. The first-order chi connectivity index (χ1) is 11.9. The molecular formula is C20H38N4O. The van der Waals surface area contributed by atoms with Crippen molar-refractivity contribution < 1.29 is 4.79 Å². The predicted molar refractivity (Wildman–Crippen MR) is 103 cm³/mol. The monoisotopic (exact) mass is 350 g/mol. The summed E-state index contributed by atoms with van der Waals surface area (Å²) in [7, 11) is 0. The van der Waals surface area contributed by atoms with Crippen LogP contribution in [0.5, 0.6) is 0 Å². The average Bonchev–Trinajstić information content (AvgIpc) is 2.54. The Morgan fingerprint density at radius 3 is 1.92 bits per heavy atom. The molecule has 3 saturated heterocycles. The molecule has 0 spiro atoms. The van der Waals surface area contributed by atoms with Gasteiger partial charge in [0.1, 0.15) is 0 Å². The molecule has 0 bridgehead atoms. The van der Waals surface area contributed by atoms with Gasteiger partial charge in [-0.1, -0.05) is 0 Å². The molecule has 0 radical (unpaired) electrons. The minimum atomic E-state index is 0.259. The number of rotatable bonds is 5. The minimum absolute atomic E-state index is 0.259. The second kappa shape index (κ2) is 8.36. The van der Waals surface area contributed by atoms with Crippen molar-refractivity contribution >= 4 is 5.91 Å². The van der Waals surface area contributed by atoms with Gasteiger partial charge in [0.15, 0.2) is 0 Å². The maximum Gasteiger partial charge on any atom is 0.228 e. The maximum absolute atomic E-state index is 12.6. The number of likely N-dealkylation sites (tertiary alicyclic amines) is 2. The van der Waals surface area contributed by atoms with Crippen LogP contribution in [0.2, 0.25) is 0 Å². The smallest absolute Gasteiger partial charge is 0.228 e. The summed E-state index contributed by atoms with van der Waals surface area (Å²) in [5.74, 6) is 1.51. The molecule has 0 aromatic rings. The summed E-state index contributed by atoms with van der Waals surface area (Å²) < 4.78 is 0. The van der Waals surface area contributed by atoms with Crippen molar-refractivity contribution in [1.29, 1.82) is 0 Å². The lowest BCUT2D eigenvalue weighted by Crippen LogP contribution is -2.59. The van der Waals surface area contributed by atoms with Gasteiger partial charge in [-0.05, 0) is 59.5 Å². The quantitative estimate of drug-likeness (QED) is 0.753. The number of hydrogen-bond acceptors (Lipinski definition) is 4. The molecule has 0 aromatic carbocycles. The van der Waals surface area contributed by atoms with E-state index in [1.165, 1.54) is 32.5 Å². The van der Waals surface area contributed by atoms with E-state index in [0.717, 1.165) is 45.2 Å². The Balaban J connectivity index is 1.35. The van der Waals surface area contributed by atoms with Crippen molar-refractivity contribution in [2.24, 2.45) is 11.8 Å². The molecule has 3 fully saturated rings. The number of piperazine rings is 1. The first-order valence-electron chi connectivity index (χ1n) is 10.4. The van der Waals surface area contributed by atoms with Crippen LogP contribution in [0.3, 0.4) is 0 Å². The van der Waals surface area contributed by atoms with E-state index in [9.17, 15) is 4.79 Å². The molecule has 1 amide bonds. The van der Waals surface area contributed by atoms with E-state index < -0.39 is 0 Å². The summed E-state index contributed by atoms with van der Waals surface area (Å²) in [5, 5.41) is 0. The van der Waals surface area contributed by atoms with E-state index in [0.29, 0.717) is 18.0 Å². The number of nitrogens with zero attached hydrogens (tertiary/aromatic N) is 4. The predicted octanol–water partition coefficient (Wildman–Crippen LogP) is 1.59. The van der Waals surface area contributed by atoms with Gasteiger partial charge < -0.3 is 9.80 Å². The fourth-order valence-corrected chi connectivity index (χ4v) is 4.52. The molecular weight excluding hydrogens is 312 g/mol. The molecule has 3 rings (SSSR count).